The van der Waals surface area contributed by atoms with E-state index < -0.39 is 29.0 Å². The highest BCUT2D eigenvalue weighted by Crippen LogP contribution is 2.53. The number of nitrogens with two attached hydrogens (primary N) is 1. The number of carbonyl (C=O) groups excluding carboxylic acids is 4. The number of hydrogen-bond donors (Lipinski definition) is 2. The third kappa shape index (κ3) is 7.30. The first-order chi connectivity index (χ1) is 23.8. The van der Waals surface area contributed by atoms with Crippen molar-refractivity contribution in [3.63, 3.8) is 0 Å². The summed E-state index contributed by atoms with van der Waals surface area (Å²) in [6, 6.07) is 10.8. The van der Waals surface area contributed by atoms with Crippen LogP contribution in [0.2, 0.25) is 0 Å². The summed E-state index contributed by atoms with van der Waals surface area (Å²) in [5.74, 6) is -2.24. The number of nitro groups is 1. The smallest absolute Gasteiger partial charge is 0.356 e. The van der Waals surface area contributed by atoms with E-state index in [0.29, 0.717) is 43.5 Å². The molecule has 0 saturated carbocycles. The number of β-lactam (4-membered cyclic amide) rings is 1. The van der Waals surface area contributed by atoms with E-state index in [1.807, 2.05) is 25.1 Å². The number of aromatic nitrogens is 1. The Morgan fingerprint density at radius 3 is 2.27 bits per heavy atom. The Morgan fingerprint density at radius 2 is 1.69 bits per heavy atom. The minimum absolute atomic E-state index is 0. The molecule has 5 aliphatic rings. The van der Waals surface area contributed by atoms with Crippen LogP contribution in [-0.2, 0) is 25.7 Å². The summed E-state index contributed by atoms with van der Waals surface area (Å²) in [4.78, 5) is 69.3. The number of carbonyl (C=O) groups is 4. The van der Waals surface area contributed by atoms with E-state index in [0.717, 1.165) is 48.5 Å². The van der Waals surface area contributed by atoms with Crippen molar-refractivity contribution in [1.29, 1.82) is 0 Å². The zero-order chi connectivity index (χ0) is 35.5. The number of quaternary nitrogens is 2. The highest BCUT2D eigenvalue weighted by molar-refractivity contribution is 8.04. The number of aliphatic hydroxyl groups excluding tert-OH is 1. The number of esters is 1. The van der Waals surface area contributed by atoms with Gasteiger partial charge in [-0.1, -0.05) is 18.7 Å². The molecule has 8 rings (SSSR count). The summed E-state index contributed by atoms with van der Waals surface area (Å²) in [5.41, 5.74) is 7.33. The van der Waals surface area contributed by atoms with Crippen molar-refractivity contribution in [2.75, 3.05) is 52.4 Å². The summed E-state index contributed by atoms with van der Waals surface area (Å²) >= 11 is 2.70. The van der Waals surface area contributed by atoms with Gasteiger partial charge in [-0.25, -0.2) is 9.78 Å². The number of fused-ring (bicyclic) bond motifs is 5. The van der Waals surface area contributed by atoms with Crippen molar-refractivity contribution in [2.45, 2.75) is 36.9 Å². The molecule has 3 N–H and O–H groups in total. The highest BCUT2D eigenvalue weighted by Gasteiger charge is 2.60. The first-order valence-electron chi connectivity index (χ1n) is 16.5. The van der Waals surface area contributed by atoms with Gasteiger partial charge >= 0.3 is 5.97 Å². The lowest BCUT2D eigenvalue weighted by Crippen LogP contribution is -3.00. The standard InChI is InChI=1S/C34H37N6O8S2.2BrH/c1-19-29-28(20(2)41)32(44)37(29)30(33(45)48-18-21-3-6-23(7-4-21)38(46)47)31(19)50-34-36-24-15-22(5-8-26(24)49-34)25(42)16-39-9-12-40(13-10-39,14-11-39)17-27(35)43;;/h3-8,15,19-20,28-29,41H,9-14,16-18H2,1-2H3,(H-,35,43);2*1H/q+1;;/p-1/t19-,20-,28-,29-,39?,40?;;/m1../s1. The van der Waals surface area contributed by atoms with Crippen molar-refractivity contribution in [2.24, 2.45) is 17.6 Å². The first kappa shape index (κ1) is 39.9. The summed E-state index contributed by atoms with van der Waals surface area (Å²) in [6.45, 7) is 9.08. The van der Waals surface area contributed by atoms with E-state index >= 15 is 0 Å². The average molecular weight is 883 g/mol. The molecule has 6 heterocycles. The normalized spacial score (nSPS) is 26.6. The van der Waals surface area contributed by atoms with Crippen LogP contribution in [0.1, 0.15) is 29.8 Å². The number of hydrogen-bond acceptors (Lipinski definition) is 11. The fourth-order valence-electron chi connectivity index (χ4n) is 7.94. The zero-order valence-electron chi connectivity index (χ0n) is 28.4. The van der Waals surface area contributed by atoms with Crippen molar-refractivity contribution >= 4 is 62.6 Å². The van der Waals surface area contributed by atoms with Gasteiger partial charge < -0.3 is 63.4 Å². The van der Waals surface area contributed by atoms with Crippen LogP contribution in [0.5, 0.6) is 0 Å². The van der Waals surface area contributed by atoms with Crippen LogP contribution in [0.25, 0.3) is 10.2 Å². The van der Waals surface area contributed by atoms with E-state index in [1.54, 1.807) is 6.92 Å². The largest absolute Gasteiger partial charge is 1.00 e. The molecule has 4 fully saturated rings. The molecular weight excluding hydrogens is 844 g/mol. The van der Waals surface area contributed by atoms with Gasteiger partial charge in [0.15, 0.2) is 10.9 Å². The molecule has 0 unspecified atom stereocenters. The van der Waals surface area contributed by atoms with Gasteiger partial charge in [0.2, 0.25) is 11.7 Å². The third-order valence-corrected chi connectivity index (χ3v) is 13.2. The number of nitro benzene ring substituents is 1. The molecule has 5 aliphatic heterocycles. The lowest BCUT2D eigenvalue weighted by Gasteiger charge is -2.54. The van der Waals surface area contributed by atoms with Gasteiger partial charge in [-0.05, 0) is 42.8 Å². The van der Waals surface area contributed by atoms with E-state index in [9.17, 15) is 34.4 Å². The fraction of sp³-hybridized carbons (Fsp3) is 0.441. The van der Waals surface area contributed by atoms with Gasteiger partial charge in [0.1, 0.15) is 58.1 Å². The molecule has 0 spiro atoms. The van der Waals surface area contributed by atoms with Crippen LogP contribution >= 0.6 is 23.1 Å². The van der Waals surface area contributed by atoms with Crippen LogP contribution < -0.4 is 39.7 Å². The lowest BCUT2D eigenvalue weighted by molar-refractivity contribution is -1.07. The number of piperazine rings is 3. The third-order valence-electron chi connectivity index (χ3n) is 10.8. The van der Waals surface area contributed by atoms with E-state index in [2.05, 4.69) is 0 Å². The van der Waals surface area contributed by atoms with Crippen LogP contribution in [0, 0.1) is 22.0 Å². The summed E-state index contributed by atoms with van der Waals surface area (Å²) in [5, 5.41) is 21.4. The number of Topliss-reactive ketones (excluding diaryl/α,β-unsaturated/α-hetero) is 1. The topological polar surface area (TPSA) is 183 Å². The number of thiazole rings is 1. The number of aliphatic hydroxyl groups is 1. The van der Waals surface area contributed by atoms with Crippen molar-refractivity contribution in [1.82, 2.24) is 9.88 Å². The molecule has 4 atom stereocenters. The summed E-state index contributed by atoms with van der Waals surface area (Å²) < 4.78 is 8.55. The number of thioether (sulfide) groups is 1. The SMILES string of the molecule is C[C@@H](O)[C@H]1C(=O)N2C(C(=O)OCc3ccc([N+](=O)[O-])cc3)=C(Sc3nc4cc(C(=O)C[N+]56CC[N+](CC(N)=O)(CC5)CC6)ccc4s3)[C@H](C)[C@H]12.[Br-].[Br-]. The number of benzene rings is 2. The predicted molar refractivity (Wildman–Crippen MR) is 183 cm³/mol. The van der Waals surface area contributed by atoms with Crippen LogP contribution in [0.3, 0.4) is 0 Å². The Kier molecular flexibility index (Phi) is 11.7. The minimum atomic E-state index is -0.900. The van der Waals surface area contributed by atoms with Gasteiger partial charge in [0, 0.05) is 28.5 Å². The summed E-state index contributed by atoms with van der Waals surface area (Å²) in [7, 11) is 0. The molecule has 18 heteroatoms. The number of rotatable bonds is 12. The van der Waals surface area contributed by atoms with Crippen LogP contribution in [0.4, 0.5) is 5.69 Å². The summed E-state index contributed by atoms with van der Waals surface area (Å²) in [6.07, 6.45) is -0.900. The van der Waals surface area contributed by atoms with Crippen molar-refractivity contribution in [3.05, 3.63) is 74.3 Å². The molecule has 2 aromatic carbocycles. The Morgan fingerprint density at radius 1 is 1.08 bits per heavy atom. The Bertz CT molecular complexity index is 1950. The molecular formula is C34H38Br2N6O8S2. The second-order valence-corrected chi connectivity index (χ2v) is 16.3. The molecule has 3 aromatic rings. The van der Waals surface area contributed by atoms with Crippen LogP contribution in [-0.4, -0.2) is 117 Å². The Hall–Kier alpha value is -3.26. The molecule has 2 amide bonds. The molecule has 4 saturated heterocycles. The van der Waals surface area contributed by atoms with Gasteiger partial charge in [-0.2, -0.15) is 0 Å². The second-order valence-electron chi connectivity index (χ2n) is 14.0. The molecule has 278 valence electrons. The second kappa shape index (κ2) is 15.2. The van der Waals surface area contributed by atoms with Gasteiger partial charge in [0.05, 0.1) is 33.2 Å². The van der Waals surface area contributed by atoms with Crippen molar-refractivity contribution < 1.29 is 76.9 Å². The maximum absolute atomic E-state index is 13.6. The quantitative estimate of drug-likeness (QED) is 0.0462. The molecule has 0 aliphatic carbocycles. The van der Waals surface area contributed by atoms with Gasteiger partial charge in [-0.15, -0.1) is 11.3 Å². The number of ketones is 1. The first-order valence-corrected chi connectivity index (χ1v) is 18.2. The number of non-ortho nitro benzene ring substituents is 1. The predicted octanol–water partition coefficient (Wildman–Crippen LogP) is -3.55. The molecule has 52 heavy (non-hydrogen) atoms. The monoisotopic (exact) mass is 880 g/mol. The molecule has 14 nitrogen and oxygen atoms in total. The number of amides is 2. The number of halogens is 2. The number of ether oxygens (including phenoxy) is 1. The molecule has 2 bridgehead atoms. The number of nitrogens with zero attached hydrogens (tertiary/aromatic N) is 5. The molecule has 1 aromatic heterocycles. The maximum Gasteiger partial charge on any atom is 0.356 e. The minimum Gasteiger partial charge on any atom is -1.00 e. The van der Waals surface area contributed by atoms with E-state index in [1.165, 1.54) is 52.3 Å². The van der Waals surface area contributed by atoms with Gasteiger partial charge in [0.25, 0.3) is 11.6 Å². The maximum atomic E-state index is 13.6. The van der Waals surface area contributed by atoms with Crippen molar-refractivity contribution in [3.8, 4) is 0 Å². The Labute approximate surface area is 328 Å². The zero-order valence-corrected chi connectivity index (χ0v) is 33.2. The van der Waals surface area contributed by atoms with E-state index in [4.69, 9.17) is 15.5 Å². The van der Waals surface area contributed by atoms with E-state index in [-0.39, 0.29) is 75.5 Å². The average Bonchev–Trinajstić information content (AvgIpc) is 3.59. The van der Waals surface area contributed by atoms with Gasteiger partial charge in [-0.3, -0.25) is 24.5 Å². The Balaban J connectivity index is 0.00000261. The lowest BCUT2D eigenvalue weighted by atomic mass is 9.79. The molecule has 0 radical (unpaired) electrons. The highest BCUT2D eigenvalue weighted by atomic mass is 79.9. The fourth-order valence-corrected chi connectivity index (χ4v) is 10.3. The number of primary amides is 1. The van der Waals surface area contributed by atoms with Crippen LogP contribution in [0.15, 0.2) is 57.4 Å².